The van der Waals surface area contributed by atoms with E-state index >= 15 is 0 Å². The summed E-state index contributed by atoms with van der Waals surface area (Å²) >= 11 is 0. The molecule has 5 rings (SSSR count). The number of fused-ring (bicyclic) bond motifs is 1. The van der Waals surface area contributed by atoms with Crippen LogP contribution in [-0.2, 0) is 11.3 Å². The molecule has 0 radical (unpaired) electrons. The highest BCUT2D eigenvalue weighted by Crippen LogP contribution is 2.20. The first-order valence-electron chi connectivity index (χ1n) is 10.6. The van der Waals surface area contributed by atoms with Gasteiger partial charge in [-0.3, -0.25) is 4.79 Å². The van der Waals surface area contributed by atoms with E-state index in [0.29, 0.717) is 18.5 Å². The van der Waals surface area contributed by atoms with Gasteiger partial charge in [-0.05, 0) is 49.1 Å². The van der Waals surface area contributed by atoms with Crippen LogP contribution in [0.3, 0.4) is 0 Å². The van der Waals surface area contributed by atoms with Crippen LogP contribution in [0, 0.1) is 6.92 Å². The Morgan fingerprint density at radius 3 is 2.90 bits per heavy atom. The van der Waals surface area contributed by atoms with Crippen LogP contribution in [0.4, 0.5) is 5.95 Å². The molecular weight excluding hydrogens is 390 g/mol. The van der Waals surface area contributed by atoms with E-state index in [4.69, 9.17) is 4.74 Å². The predicted molar refractivity (Wildman–Crippen MR) is 121 cm³/mol. The van der Waals surface area contributed by atoms with Crippen molar-refractivity contribution in [1.82, 2.24) is 19.5 Å². The van der Waals surface area contributed by atoms with Crippen LogP contribution in [0.2, 0.25) is 0 Å². The van der Waals surface area contributed by atoms with Crippen LogP contribution >= 0.6 is 0 Å². The number of hydrogen-bond acceptors (Lipinski definition) is 5. The number of aromatic nitrogens is 4. The topological polar surface area (TPSA) is 84.8 Å². The van der Waals surface area contributed by atoms with Crippen LogP contribution in [0.15, 0.2) is 59.8 Å². The monoisotopic (exact) mass is 415 g/mol. The second-order valence-electron chi connectivity index (χ2n) is 8.03. The Labute approximate surface area is 180 Å². The van der Waals surface area contributed by atoms with Gasteiger partial charge in [0.15, 0.2) is 0 Å². The number of nitrogens with one attached hydrogen (secondary N) is 2. The zero-order chi connectivity index (χ0) is 21.2. The molecule has 4 aromatic rings. The van der Waals surface area contributed by atoms with Crippen molar-refractivity contribution >= 4 is 16.9 Å². The van der Waals surface area contributed by atoms with Crippen LogP contribution in [-0.4, -0.2) is 38.8 Å². The fourth-order valence-corrected chi connectivity index (χ4v) is 4.02. The van der Waals surface area contributed by atoms with Gasteiger partial charge < -0.3 is 19.6 Å². The lowest BCUT2D eigenvalue weighted by Gasteiger charge is -2.23. The zero-order valence-electron chi connectivity index (χ0n) is 17.5. The molecule has 4 heterocycles. The van der Waals surface area contributed by atoms with E-state index < -0.39 is 0 Å². The lowest BCUT2D eigenvalue weighted by atomic mass is 10.1. The van der Waals surface area contributed by atoms with E-state index in [1.807, 2.05) is 24.5 Å². The minimum atomic E-state index is -0.0576. The van der Waals surface area contributed by atoms with Crippen molar-refractivity contribution in [3.05, 3.63) is 76.5 Å². The quantitative estimate of drug-likeness (QED) is 0.519. The number of anilines is 1. The molecule has 1 saturated heterocycles. The summed E-state index contributed by atoms with van der Waals surface area (Å²) in [7, 11) is 0. The third kappa shape index (κ3) is 4.22. The summed E-state index contributed by atoms with van der Waals surface area (Å²) in [6.45, 7) is 4.12. The van der Waals surface area contributed by atoms with Gasteiger partial charge in [0.05, 0.1) is 12.2 Å². The summed E-state index contributed by atoms with van der Waals surface area (Å²) in [5.74, 6) is 0.586. The molecule has 3 aromatic heterocycles. The van der Waals surface area contributed by atoms with E-state index in [1.54, 1.807) is 16.8 Å². The molecule has 0 atom stereocenters. The van der Waals surface area contributed by atoms with Crippen molar-refractivity contribution in [3.8, 4) is 11.3 Å². The molecule has 0 bridgehead atoms. The van der Waals surface area contributed by atoms with Crippen LogP contribution in [0.25, 0.3) is 22.2 Å². The molecule has 2 N–H and O–H groups in total. The van der Waals surface area contributed by atoms with Gasteiger partial charge in [-0.15, -0.1) is 0 Å². The largest absolute Gasteiger partial charge is 0.381 e. The number of rotatable bonds is 5. The van der Waals surface area contributed by atoms with E-state index in [-0.39, 0.29) is 5.56 Å². The fraction of sp³-hybridized carbons (Fsp3) is 0.292. The van der Waals surface area contributed by atoms with Crippen molar-refractivity contribution in [2.75, 3.05) is 18.5 Å². The molecule has 7 heteroatoms. The number of ether oxygens (including phenoxy) is 1. The number of nitrogens with zero attached hydrogens (tertiary/aromatic N) is 3. The molecule has 31 heavy (non-hydrogen) atoms. The molecule has 7 nitrogen and oxygen atoms in total. The average Bonchev–Trinajstić information content (AvgIpc) is 3.16. The molecule has 0 saturated carbocycles. The van der Waals surface area contributed by atoms with Crippen LogP contribution in [0.1, 0.15) is 24.0 Å². The molecule has 0 unspecified atom stereocenters. The Hall–Kier alpha value is -3.45. The van der Waals surface area contributed by atoms with Gasteiger partial charge in [0, 0.05) is 60.4 Å². The maximum atomic E-state index is 12.8. The molecule has 0 spiro atoms. The number of pyridine rings is 1. The summed E-state index contributed by atoms with van der Waals surface area (Å²) in [4.78, 5) is 25.0. The molecule has 1 aliphatic heterocycles. The maximum Gasteiger partial charge on any atom is 0.251 e. The minimum Gasteiger partial charge on any atom is -0.381 e. The van der Waals surface area contributed by atoms with Gasteiger partial charge in [-0.25, -0.2) is 9.97 Å². The zero-order valence-corrected chi connectivity index (χ0v) is 17.5. The molecule has 1 fully saturated rings. The lowest BCUT2D eigenvalue weighted by Crippen LogP contribution is -2.28. The highest BCUT2D eigenvalue weighted by Gasteiger charge is 2.15. The van der Waals surface area contributed by atoms with Gasteiger partial charge in [0.2, 0.25) is 5.95 Å². The average molecular weight is 415 g/mol. The first-order chi connectivity index (χ1) is 15.2. The molecule has 0 amide bonds. The summed E-state index contributed by atoms with van der Waals surface area (Å²) in [6.07, 6.45) is 7.44. The number of hydrogen-bond donors (Lipinski definition) is 2. The second kappa shape index (κ2) is 8.35. The normalized spacial score (nSPS) is 14.7. The Morgan fingerprint density at radius 1 is 1.19 bits per heavy atom. The first-order valence-corrected chi connectivity index (χ1v) is 10.6. The van der Waals surface area contributed by atoms with E-state index in [1.165, 1.54) is 10.9 Å². The van der Waals surface area contributed by atoms with Gasteiger partial charge in [-0.1, -0.05) is 12.1 Å². The van der Waals surface area contributed by atoms with Crippen molar-refractivity contribution in [3.63, 3.8) is 0 Å². The summed E-state index contributed by atoms with van der Waals surface area (Å²) in [6, 6.07) is 12.0. The van der Waals surface area contributed by atoms with Gasteiger partial charge in [0.25, 0.3) is 5.56 Å². The number of H-pyrrole nitrogens is 1. The Bertz CT molecular complexity index is 1270. The summed E-state index contributed by atoms with van der Waals surface area (Å²) in [5, 5.41) is 4.59. The predicted octanol–water partition coefficient (Wildman–Crippen LogP) is 3.73. The third-order valence-corrected chi connectivity index (χ3v) is 5.81. The lowest BCUT2D eigenvalue weighted by molar-refractivity contribution is 0.0903. The van der Waals surface area contributed by atoms with Crippen molar-refractivity contribution < 1.29 is 4.74 Å². The Kier molecular flexibility index (Phi) is 5.26. The van der Waals surface area contributed by atoms with Crippen molar-refractivity contribution in [2.24, 2.45) is 0 Å². The van der Waals surface area contributed by atoms with Crippen molar-refractivity contribution in [1.29, 1.82) is 0 Å². The highest BCUT2D eigenvalue weighted by molar-refractivity contribution is 5.83. The second-order valence-corrected chi connectivity index (χ2v) is 8.03. The molecule has 0 aliphatic carbocycles. The third-order valence-electron chi connectivity index (χ3n) is 5.81. The SMILES string of the molecule is Cc1c[nH]c2cc(Cn3ccc(-c4ccnc(NC5CCOCC5)n4)cc3=O)ccc12. The first kappa shape index (κ1) is 19.5. The maximum absolute atomic E-state index is 12.8. The number of aromatic amines is 1. The molecule has 158 valence electrons. The van der Waals surface area contributed by atoms with Gasteiger partial charge in [0.1, 0.15) is 0 Å². The van der Waals surface area contributed by atoms with Gasteiger partial charge >= 0.3 is 0 Å². The number of aryl methyl sites for hydroxylation is 1. The van der Waals surface area contributed by atoms with E-state index in [2.05, 4.69) is 45.4 Å². The van der Waals surface area contributed by atoms with Crippen LogP contribution < -0.4 is 10.9 Å². The van der Waals surface area contributed by atoms with E-state index in [0.717, 1.165) is 48.4 Å². The van der Waals surface area contributed by atoms with Crippen molar-refractivity contribution in [2.45, 2.75) is 32.4 Å². The van der Waals surface area contributed by atoms with E-state index in [9.17, 15) is 4.79 Å². The highest BCUT2D eigenvalue weighted by atomic mass is 16.5. The molecule has 1 aliphatic rings. The minimum absolute atomic E-state index is 0.0576. The number of benzene rings is 1. The smallest absolute Gasteiger partial charge is 0.251 e. The molecule has 1 aromatic carbocycles. The fourth-order valence-electron chi connectivity index (χ4n) is 4.02. The van der Waals surface area contributed by atoms with Gasteiger partial charge in [-0.2, -0.15) is 0 Å². The summed E-state index contributed by atoms with van der Waals surface area (Å²) < 4.78 is 7.11. The standard InChI is InChI=1S/C24H25N5O2/c1-16-14-26-22-12-17(2-3-20(16)22)15-29-9-5-18(13-23(29)30)21-4-8-25-24(28-21)27-19-6-10-31-11-7-19/h2-5,8-9,12-14,19,26H,6-7,10-11,15H2,1H3,(H,25,27,28). The Balaban J connectivity index is 1.35. The molecular formula is C24H25N5O2. The summed E-state index contributed by atoms with van der Waals surface area (Å²) in [5.41, 5.74) is 4.85. The van der Waals surface area contributed by atoms with Crippen LogP contribution in [0.5, 0.6) is 0 Å². The Morgan fingerprint density at radius 2 is 2.06 bits per heavy atom.